The SMILES string of the molecule is COC(=O)C1=C(NC(C)(C)C)Oc2c(C(=O)Nc3ccccc3C)cc3ccccc3c2C1C(=O)OC. The van der Waals surface area contributed by atoms with Gasteiger partial charge in [-0.3, -0.25) is 9.59 Å². The molecule has 3 aromatic rings. The maximum Gasteiger partial charge on any atom is 0.340 e. The Labute approximate surface area is 215 Å². The molecule has 1 aliphatic heterocycles. The number of anilines is 1. The van der Waals surface area contributed by atoms with Gasteiger partial charge in [0.15, 0.2) is 0 Å². The first-order valence-electron chi connectivity index (χ1n) is 11.8. The van der Waals surface area contributed by atoms with E-state index in [9.17, 15) is 14.4 Å². The Morgan fingerprint density at radius 1 is 0.946 bits per heavy atom. The van der Waals surface area contributed by atoms with E-state index in [1.165, 1.54) is 14.2 Å². The van der Waals surface area contributed by atoms with Crippen LogP contribution in [0, 0.1) is 6.92 Å². The Kier molecular flexibility index (Phi) is 6.94. The third-order valence-electron chi connectivity index (χ3n) is 6.03. The van der Waals surface area contributed by atoms with Crippen LogP contribution in [0.4, 0.5) is 5.69 Å². The lowest BCUT2D eigenvalue weighted by Crippen LogP contribution is -2.42. The number of para-hydroxylation sites is 1. The number of ether oxygens (including phenoxy) is 3. The van der Waals surface area contributed by atoms with Crippen molar-refractivity contribution in [1.29, 1.82) is 0 Å². The zero-order valence-corrected chi connectivity index (χ0v) is 21.7. The van der Waals surface area contributed by atoms with Crippen LogP contribution in [-0.4, -0.2) is 37.6 Å². The molecule has 0 aromatic heterocycles. The summed E-state index contributed by atoms with van der Waals surface area (Å²) in [6, 6.07) is 16.4. The second kappa shape index (κ2) is 9.97. The molecule has 0 bridgehead atoms. The van der Waals surface area contributed by atoms with E-state index in [-0.39, 0.29) is 22.8 Å². The van der Waals surface area contributed by atoms with Gasteiger partial charge < -0.3 is 24.8 Å². The van der Waals surface area contributed by atoms with E-state index < -0.39 is 29.3 Å². The van der Waals surface area contributed by atoms with Crippen molar-refractivity contribution >= 4 is 34.3 Å². The van der Waals surface area contributed by atoms with Gasteiger partial charge in [0.2, 0.25) is 5.88 Å². The molecule has 1 atom stereocenters. The van der Waals surface area contributed by atoms with Crippen molar-refractivity contribution in [1.82, 2.24) is 5.32 Å². The molecule has 192 valence electrons. The molecule has 2 N–H and O–H groups in total. The average Bonchev–Trinajstić information content (AvgIpc) is 2.86. The summed E-state index contributed by atoms with van der Waals surface area (Å²) in [5.74, 6) is -2.84. The molecule has 1 aliphatic rings. The number of hydrogen-bond acceptors (Lipinski definition) is 7. The van der Waals surface area contributed by atoms with Crippen LogP contribution >= 0.6 is 0 Å². The molecular formula is C29H30N2O6. The molecule has 8 heteroatoms. The zero-order chi connectivity index (χ0) is 26.9. The van der Waals surface area contributed by atoms with Gasteiger partial charge in [-0.05, 0) is 56.2 Å². The number of rotatable bonds is 5. The van der Waals surface area contributed by atoms with Gasteiger partial charge in [0.1, 0.15) is 17.2 Å². The Bertz CT molecular complexity index is 1430. The second-order valence-corrected chi connectivity index (χ2v) is 9.82. The number of carbonyl (C=O) groups excluding carboxylic acids is 3. The number of hydrogen-bond donors (Lipinski definition) is 2. The van der Waals surface area contributed by atoms with E-state index in [2.05, 4.69) is 10.6 Å². The lowest BCUT2D eigenvalue weighted by atomic mass is 9.83. The quantitative estimate of drug-likeness (QED) is 0.482. The Morgan fingerprint density at radius 2 is 1.62 bits per heavy atom. The summed E-state index contributed by atoms with van der Waals surface area (Å²) in [6.07, 6.45) is 0. The van der Waals surface area contributed by atoms with E-state index in [4.69, 9.17) is 14.2 Å². The molecule has 4 rings (SSSR count). The van der Waals surface area contributed by atoms with Gasteiger partial charge in [-0.2, -0.15) is 0 Å². The predicted octanol–water partition coefficient (Wildman–Crippen LogP) is 4.82. The normalized spacial score (nSPS) is 14.9. The van der Waals surface area contributed by atoms with E-state index in [1.54, 1.807) is 12.1 Å². The fraction of sp³-hybridized carbons (Fsp3) is 0.276. The van der Waals surface area contributed by atoms with Gasteiger partial charge in [-0.25, -0.2) is 4.79 Å². The highest BCUT2D eigenvalue weighted by Gasteiger charge is 2.44. The van der Waals surface area contributed by atoms with Gasteiger partial charge >= 0.3 is 11.9 Å². The molecule has 1 amide bonds. The molecule has 1 heterocycles. The third-order valence-corrected chi connectivity index (χ3v) is 6.03. The second-order valence-electron chi connectivity index (χ2n) is 9.82. The largest absolute Gasteiger partial charge is 0.468 e. The summed E-state index contributed by atoms with van der Waals surface area (Å²) < 4.78 is 16.5. The van der Waals surface area contributed by atoms with E-state index in [0.29, 0.717) is 22.0 Å². The van der Waals surface area contributed by atoms with Crippen molar-refractivity contribution in [3.8, 4) is 5.75 Å². The molecule has 0 saturated carbocycles. The summed E-state index contributed by atoms with van der Waals surface area (Å²) in [5, 5.41) is 7.46. The Balaban J connectivity index is 2.01. The number of benzene rings is 3. The van der Waals surface area contributed by atoms with Crippen molar-refractivity contribution in [3.05, 3.63) is 82.7 Å². The summed E-state index contributed by atoms with van der Waals surface area (Å²) in [6.45, 7) is 7.54. The number of amides is 1. The van der Waals surface area contributed by atoms with Crippen LogP contribution in [-0.2, 0) is 19.1 Å². The van der Waals surface area contributed by atoms with Crippen LogP contribution in [0.3, 0.4) is 0 Å². The molecule has 3 aromatic carbocycles. The molecule has 0 saturated heterocycles. The molecule has 1 unspecified atom stereocenters. The van der Waals surface area contributed by atoms with Gasteiger partial charge in [-0.1, -0.05) is 42.5 Å². The van der Waals surface area contributed by atoms with Crippen molar-refractivity contribution in [2.45, 2.75) is 39.2 Å². The number of fused-ring (bicyclic) bond motifs is 3. The molecule has 0 spiro atoms. The highest BCUT2D eigenvalue weighted by molar-refractivity contribution is 6.12. The minimum atomic E-state index is -1.19. The number of esters is 2. The first-order chi connectivity index (χ1) is 17.6. The van der Waals surface area contributed by atoms with Crippen LogP contribution in [0.1, 0.15) is 48.2 Å². The first-order valence-corrected chi connectivity index (χ1v) is 11.8. The van der Waals surface area contributed by atoms with Crippen molar-refractivity contribution in [2.75, 3.05) is 19.5 Å². The summed E-state index contributed by atoms with van der Waals surface area (Å²) in [5.41, 5.74) is 1.53. The van der Waals surface area contributed by atoms with Crippen molar-refractivity contribution in [2.24, 2.45) is 0 Å². The number of nitrogens with one attached hydrogen (secondary N) is 2. The molecule has 0 fully saturated rings. The van der Waals surface area contributed by atoms with Crippen LogP contribution in [0.15, 0.2) is 66.1 Å². The summed E-state index contributed by atoms with van der Waals surface area (Å²) >= 11 is 0. The van der Waals surface area contributed by atoms with Crippen LogP contribution < -0.4 is 15.4 Å². The third kappa shape index (κ3) is 5.00. The maximum absolute atomic E-state index is 13.7. The fourth-order valence-corrected chi connectivity index (χ4v) is 4.36. The van der Waals surface area contributed by atoms with E-state index in [1.807, 2.05) is 70.2 Å². The highest BCUT2D eigenvalue weighted by atomic mass is 16.5. The van der Waals surface area contributed by atoms with Gasteiger partial charge in [0.25, 0.3) is 5.91 Å². The Morgan fingerprint density at radius 3 is 2.27 bits per heavy atom. The minimum Gasteiger partial charge on any atom is -0.468 e. The maximum atomic E-state index is 13.7. The van der Waals surface area contributed by atoms with Crippen molar-refractivity contribution in [3.63, 3.8) is 0 Å². The Hall–Kier alpha value is -4.33. The van der Waals surface area contributed by atoms with Gasteiger partial charge in [0.05, 0.1) is 19.8 Å². The minimum absolute atomic E-state index is 0.0293. The molecule has 0 radical (unpaired) electrons. The van der Waals surface area contributed by atoms with Gasteiger partial charge in [0, 0.05) is 16.8 Å². The standard InChI is InChI=1S/C29H30N2O6/c1-16-11-7-10-14-20(16)30-25(32)19-15-17-12-8-9-13-18(17)21-22(27(33)35-5)23(28(34)36-6)26(37-24(19)21)31-29(2,3)4/h7-15,22,31H,1-6H3,(H,30,32). The average molecular weight is 503 g/mol. The van der Waals surface area contributed by atoms with E-state index in [0.717, 1.165) is 5.56 Å². The fourth-order valence-electron chi connectivity index (χ4n) is 4.36. The summed E-state index contributed by atoms with van der Waals surface area (Å²) in [4.78, 5) is 40.0. The highest BCUT2D eigenvalue weighted by Crippen LogP contribution is 2.46. The van der Waals surface area contributed by atoms with Crippen molar-refractivity contribution < 1.29 is 28.6 Å². The molecule has 0 aliphatic carbocycles. The van der Waals surface area contributed by atoms with Gasteiger partial charge in [-0.15, -0.1) is 0 Å². The number of carbonyl (C=O) groups is 3. The first kappa shape index (κ1) is 25.8. The molecular weight excluding hydrogens is 472 g/mol. The van der Waals surface area contributed by atoms with Crippen LogP contribution in [0.2, 0.25) is 0 Å². The molecule has 37 heavy (non-hydrogen) atoms. The lowest BCUT2D eigenvalue weighted by molar-refractivity contribution is -0.145. The smallest absolute Gasteiger partial charge is 0.340 e. The monoisotopic (exact) mass is 502 g/mol. The predicted molar refractivity (Wildman–Crippen MR) is 140 cm³/mol. The van der Waals surface area contributed by atoms with Crippen LogP contribution in [0.25, 0.3) is 10.8 Å². The lowest BCUT2D eigenvalue weighted by Gasteiger charge is -2.33. The molecule has 8 nitrogen and oxygen atoms in total. The number of aryl methyl sites for hydroxylation is 1. The topological polar surface area (TPSA) is 103 Å². The van der Waals surface area contributed by atoms with Crippen LogP contribution in [0.5, 0.6) is 5.75 Å². The number of methoxy groups -OCH3 is 2. The summed E-state index contributed by atoms with van der Waals surface area (Å²) in [7, 11) is 2.48. The zero-order valence-electron chi connectivity index (χ0n) is 21.7. The van der Waals surface area contributed by atoms with E-state index >= 15 is 0 Å².